The fourth-order valence-corrected chi connectivity index (χ4v) is 2.67. The van der Waals surface area contributed by atoms with Crippen LogP contribution in [0, 0.1) is 0 Å². The molecule has 2 N–H and O–H groups in total. The molecule has 10 nitrogen and oxygen atoms in total. The minimum Gasteiger partial charge on any atom is -0.545 e. The Bertz CT molecular complexity index is 1330. The summed E-state index contributed by atoms with van der Waals surface area (Å²) in [6.07, 6.45) is 0. The van der Waals surface area contributed by atoms with E-state index in [1.165, 1.54) is 11.9 Å². The Labute approximate surface area is 198 Å². The maximum absolute atomic E-state index is 11.5. The third kappa shape index (κ3) is 3.68. The Morgan fingerprint density at radius 2 is 1.61 bits per heavy atom. The SMILES string of the molecule is O=C=c1c(=C=O)c2nc(C(=O)O)cc(C(=O)[O-])c2c2[nH]c(C(=O)[O-])cc12.[Na+].[Na+]. The van der Waals surface area contributed by atoms with Crippen molar-refractivity contribution in [3.63, 3.8) is 0 Å². The van der Waals surface area contributed by atoms with E-state index in [1.54, 1.807) is 0 Å². The maximum Gasteiger partial charge on any atom is 1.00 e. The number of pyridine rings is 1. The monoisotopic (exact) mass is 398 g/mol. The first-order valence-corrected chi connectivity index (χ1v) is 6.75. The molecule has 2 aromatic heterocycles. The summed E-state index contributed by atoms with van der Waals surface area (Å²) in [6.45, 7) is 0. The molecule has 0 aliphatic heterocycles. The Morgan fingerprint density at radius 3 is 2.07 bits per heavy atom. The zero-order valence-corrected chi connectivity index (χ0v) is 18.4. The molecule has 2 heterocycles. The average molecular weight is 398 g/mol. The van der Waals surface area contributed by atoms with Gasteiger partial charge in [-0.2, -0.15) is 0 Å². The molecule has 128 valence electrons. The van der Waals surface area contributed by atoms with E-state index in [-0.39, 0.29) is 75.4 Å². The number of hydrogen-bond acceptors (Lipinski definition) is 8. The molecule has 0 aliphatic rings. The van der Waals surface area contributed by atoms with Gasteiger partial charge in [-0.25, -0.2) is 19.4 Å². The second-order valence-electron chi connectivity index (χ2n) is 5.08. The first-order chi connectivity index (χ1) is 12.3. The van der Waals surface area contributed by atoms with Crippen molar-refractivity contribution in [3.05, 3.63) is 39.5 Å². The number of nitrogens with zero attached hydrogens (tertiary/aromatic N) is 1. The van der Waals surface area contributed by atoms with Gasteiger partial charge in [-0.05, 0) is 12.1 Å². The molecular weight excluding hydrogens is 394 g/mol. The minimum absolute atomic E-state index is 0. The molecule has 0 atom stereocenters. The number of nitrogens with one attached hydrogen (secondary N) is 1. The number of fused-ring (bicyclic) bond motifs is 3. The van der Waals surface area contributed by atoms with Crippen LogP contribution >= 0.6 is 0 Å². The summed E-state index contributed by atoms with van der Waals surface area (Å²) in [4.78, 5) is 62.5. The normalized spacial score (nSPS) is 9.71. The van der Waals surface area contributed by atoms with E-state index in [0.29, 0.717) is 6.07 Å². The van der Waals surface area contributed by atoms with Gasteiger partial charge < -0.3 is 29.9 Å². The summed E-state index contributed by atoms with van der Waals surface area (Å²) in [5.41, 5.74) is -2.56. The number of benzene rings is 1. The van der Waals surface area contributed by atoms with Crippen molar-refractivity contribution >= 4 is 51.6 Å². The third-order valence-electron chi connectivity index (χ3n) is 3.71. The van der Waals surface area contributed by atoms with Gasteiger partial charge in [0.25, 0.3) is 0 Å². The maximum atomic E-state index is 11.5. The van der Waals surface area contributed by atoms with E-state index >= 15 is 0 Å². The summed E-state index contributed by atoms with van der Waals surface area (Å²) in [5, 5.41) is 30.2. The predicted molar refractivity (Wildman–Crippen MR) is 78.1 cm³/mol. The van der Waals surface area contributed by atoms with Gasteiger partial charge in [-0.15, -0.1) is 0 Å². The Kier molecular flexibility index (Phi) is 7.50. The molecule has 0 amide bonds. The number of aromatic carboxylic acids is 3. The molecule has 12 heteroatoms. The molecule has 0 bridgehead atoms. The number of aromatic amines is 1. The number of H-pyrrole nitrogens is 1. The Hall–Kier alpha value is -2.26. The second kappa shape index (κ2) is 8.83. The third-order valence-corrected chi connectivity index (χ3v) is 3.71. The fourth-order valence-electron chi connectivity index (χ4n) is 2.67. The molecule has 0 radical (unpaired) electrons. The van der Waals surface area contributed by atoms with Gasteiger partial charge >= 0.3 is 65.1 Å². The van der Waals surface area contributed by atoms with Crippen LogP contribution in [0.3, 0.4) is 0 Å². The van der Waals surface area contributed by atoms with Gasteiger partial charge in [-0.3, -0.25) is 0 Å². The number of rotatable bonds is 3. The fraction of sp³-hybridized carbons (Fsp3) is 0. The number of carbonyl (C=O) groups is 3. The molecule has 0 saturated heterocycles. The molecule has 0 fully saturated rings. The molecule has 0 spiro atoms. The summed E-state index contributed by atoms with van der Waals surface area (Å²) in [6, 6.07) is 1.65. The van der Waals surface area contributed by atoms with E-state index < -0.39 is 50.8 Å². The van der Waals surface area contributed by atoms with Crippen LogP contribution < -0.4 is 79.8 Å². The molecule has 0 saturated carbocycles. The zero-order valence-electron chi connectivity index (χ0n) is 14.4. The predicted octanol–water partition coefficient (Wildman–Crippen LogP) is -9.84. The summed E-state index contributed by atoms with van der Waals surface area (Å²) < 4.78 is 0. The minimum atomic E-state index is -1.80. The van der Waals surface area contributed by atoms with Crippen LogP contribution in [-0.4, -0.2) is 44.9 Å². The molecular formula is C16H4N2Na2O8. The van der Waals surface area contributed by atoms with Crippen molar-refractivity contribution in [2.45, 2.75) is 0 Å². The Balaban J connectivity index is 0.00000196. The van der Waals surface area contributed by atoms with Crippen molar-refractivity contribution < 1.29 is 98.4 Å². The molecule has 0 unspecified atom stereocenters. The molecule has 3 aromatic rings. The van der Waals surface area contributed by atoms with Crippen molar-refractivity contribution in [1.29, 1.82) is 0 Å². The van der Waals surface area contributed by atoms with Crippen LogP contribution in [0.2, 0.25) is 0 Å². The standard InChI is InChI=1S/C16H6N2O8.2Na/c19-3-7-5-1-9(15(23)24)17-12(5)11-6(14(21)22)2-10(16(25)26)18-13(11)8(7)4-20;;/h1-2,17H,(H,21,22)(H,23,24)(H,25,26);;/q;2*+1/p-2. The largest absolute Gasteiger partial charge is 1.00 e. The van der Waals surface area contributed by atoms with E-state index in [9.17, 15) is 34.2 Å². The van der Waals surface area contributed by atoms with Crippen molar-refractivity contribution in [1.82, 2.24) is 9.97 Å². The van der Waals surface area contributed by atoms with Crippen LogP contribution in [-0.2, 0) is 9.59 Å². The number of aromatic nitrogens is 2. The summed E-state index contributed by atoms with van der Waals surface area (Å²) in [5.74, 6) is -2.22. The summed E-state index contributed by atoms with van der Waals surface area (Å²) >= 11 is 0. The van der Waals surface area contributed by atoms with Gasteiger partial charge in [0.1, 0.15) is 22.8 Å². The van der Waals surface area contributed by atoms with Crippen molar-refractivity contribution in [3.8, 4) is 0 Å². The number of hydrogen-bond donors (Lipinski definition) is 2. The topological polar surface area (TPSA) is 180 Å². The van der Waals surface area contributed by atoms with Crippen molar-refractivity contribution in [2.75, 3.05) is 0 Å². The van der Waals surface area contributed by atoms with E-state index in [4.69, 9.17) is 5.11 Å². The van der Waals surface area contributed by atoms with Crippen LogP contribution in [0.4, 0.5) is 0 Å². The van der Waals surface area contributed by atoms with Gasteiger partial charge in [0.2, 0.25) is 0 Å². The van der Waals surface area contributed by atoms with Crippen LogP contribution in [0.5, 0.6) is 0 Å². The van der Waals surface area contributed by atoms with E-state index in [1.807, 2.05) is 0 Å². The first-order valence-electron chi connectivity index (χ1n) is 6.75. The second-order valence-corrected chi connectivity index (χ2v) is 5.08. The van der Waals surface area contributed by atoms with Gasteiger partial charge in [0, 0.05) is 16.3 Å². The average Bonchev–Trinajstić information content (AvgIpc) is 3.04. The van der Waals surface area contributed by atoms with Crippen LogP contribution in [0.25, 0.3) is 21.8 Å². The molecule has 3 rings (SSSR count). The van der Waals surface area contributed by atoms with Crippen molar-refractivity contribution in [2.24, 2.45) is 0 Å². The van der Waals surface area contributed by atoms with Gasteiger partial charge in [0.05, 0.1) is 33.9 Å². The first kappa shape index (κ1) is 23.8. The molecule has 28 heavy (non-hydrogen) atoms. The summed E-state index contributed by atoms with van der Waals surface area (Å²) in [7, 11) is 0. The van der Waals surface area contributed by atoms with Crippen LogP contribution in [0.1, 0.15) is 31.3 Å². The van der Waals surface area contributed by atoms with E-state index in [2.05, 4.69) is 9.97 Å². The van der Waals surface area contributed by atoms with Crippen LogP contribution in [0.15, 0.2) is 12.1 Å². The van der Waals surface area contributed by atoms with Gasteiger partial charge in [0.15, 0.2) is 0 Å². The Morgan fingerprint density at radius 1 is 1.00 bits per heavy atom. The zero-order chi connectivity index (χ0) is 19.2. The van der Waals surface area contributed by atoms with E-state index in [0.717, 1.165) is 6.07 Å². The molecule has 1 aromatic carbocycles. The quantitative estimate of drug-likeness (QED) is 0.405. The number of carboxylic acids is 3. The van der Waals surface area contributed by atoms with Gasteiger partial charge in [-0.1, -0.05) is 0 Å². The number of carboxylic acid groups (broad SMARTS) is 3. The number of carbonyl (C=O) groups excluding carboxylic acids is 4. The smallest absolute Gasteiger partial charge is 0.545 e. The molecule has 0 aliphatic carbocycles.